The average Bonchev–Trinajstić information content (AvgIpc) is 3.11. The van der Waals surface area contributed by atoms with Gasteiger partial charge in [0.05, 0.1) is 22.1 Å². The second kappa shape index (κ2) is 8.72. The molecule has 1 aliphatic heterocycles. The zero-order valence-electron chi connectivity index (χ0n) is 19.3. The van der Waals surface area contributed by atoms with E-state index in [2.05, 4.69) is 32.7 Å². The normalized spacial score (nSPS) is 28.7. The van der Waals surface area contributed by atoms with Gasteiger partial charge in [-0.3, -0.25) is 9.59 Å². The first kappa shape index (κ1) is 22.2. The first-order valence-electron chi connectivity index (χ1n) is 12.6. The van der Waals surface area contributed by atoms with Crippen LogP contribution >= 0.6 is 11.3 Å². The molecule has 1 saturated heterocycles. The van der Waals surface area contributed by atoms with E-state index in [1.54, 1.807) is 6.07 Å². The molecule has 4 aliphatic rings. The Balaban J connectivity index is 1.12. The highest BCUT2D eigenvalue weighted by Gasteiger charge is 2.69. The van der Waals surface area contributed by atoms with E-state index in [4.69, 9.17) is 0 Å². The number of anilines is 1. The standard InChI is InChI=1S/C26H31FN4O2S/c27-16-5-8-19-20(15-16)34-25(29-19)30-24(33)22-18-7-6-17(26(18)9-10-26)21(22)23(32)28-11-1-2-12-31-13-3-4-14-31/h5-8,15,17-18,21-22H,1-4,9-14H2,(H,28,32)(H,29,30,33)/t17-,18-,21-,22-/m1/s1. The number of likely N-dealkylation sites (tertiary alicyclic amines) is 1. The highest BCUT2D eigenvalue weighted by molar-refractivity contribution is 7.22. The number of fused-ring (bicyclic) bond motifs is 1. The molecule has 180 valence electrons. The molecule has 1 aromatic carbocycles. The molecule has 3 fully saturated rings. The molecular formula is C26H31FN4O2S. The molecule has 34 heavy (non-hydrogen) atoms. The van der Waals surface area contributed by atoms with Gasteiger partial charge in [0.15, 0.2) is 5.13 Å². The summed E-state index contributed by atoms with van der Waals surface area (Å²) >= 11 is 1.27. The predicted molar refractivity (Wildman–Crippen MR) is 131 cm³/mol. The average molecular weight is 483 g/mol. The second-order valence-electron chi connectivity index (χ2n) is 10.4. The number of carbonyl (C=O) groups excluding carboxylic acids is 2. The Morgan fingerprint density at radius 1 is 1.09 bits per heavy atom. The summed E-state index contributed by atoms with van der Waals surface area (Å²) < 4.78 is 14.3. The van der Waals surface area contributed by atoms with Crippen molar-refractivity contribution in [1.29, 1.82) is 0 Å². The largest absolute Gasteiger partial charge is 0.356 e. The van der Waals surface area contributed by atoms with Crippen LogP contribution in [0.1, 0.15) is 38.5 Å². The molecule has 6 rings (SSSR count). The molecule has 3 aliphatic carbocycles. The van der Waals surface area contributed by atoms with Crippen molar-refractivity contribution in [2.75, 3.05) is 31.5 Å². The lowest BCUT2D eigenvalue weighted by Crippen LogP contribution is -2.42. The summed E-state index contributed by atoms with van der Waals surface area (Å²) in [6.07, 6.45) is 11.2. The highest BCUT2D eigenvalue weighted by Crippen LogP contribution is 2.72. The monoisotopic (exact) mass is 482 g/mol. The molecule has 4 atom stereocenters. The van der Waals surface area contributed by atoms with Crippen molar-refractivity contribution in [3.05, 3.63) is 36.2 Å². The zero-order chi connectivity index (χ0) is 23.3. The molecule has 1 aromatic heterocycles. The van der Waals surface area contributed by atoms with E-state index in [9.17, 15) is 14.0 Å². The van der Waals surface area contributed by atoms with Gasteiger partial charge in [-0.15, -0.1) is 0 Å². The van der Waals surface area contributed by atoms with Gasteiger partial charge in [0.25, 0.3) is 0 Å². The van der Waals surface area contributed by atoms with Crippen LogP contribution in [0.4, 0.5) is 9.52 Å². The maximum atomic E-state index is 13.6. The topological polar surface area (TPSA) is 74.3 Å². The zero-order valence-corrected chi connectivity index (χ0v) is 20.1. The van der Waals surface area contributed by atoms with Gasteiger partial charge < -0.3 is 15.5 Å². The number of unbranched alkanes of at least 4 members (excludes halogenated alkanes) is 1. The molecule has 2 bridgehead atoms. The van der Waals surface area contributed by atoms with E-state index >= 15 is 0 Å². The van der Waals surface area contributed by atoms with Crippen LogP contribution in [0.5, 0.6) is 0 Å². The van der Waals surface area contributed by atoms with Crippen molar-refractivity contribution in [1.82, 2.24) is 15.2 Å². The van der Waals surface area contributed by atoms with Crippen LogP contribution in [0.3, 0.4) is 0 Å². The Morgan fingerprint density at radius 2 is 1.82 bits per heavy atom. The number of benzene rings is 1. The highest BCUT2D eigenvalue weighted by atomic mass is 32.1. The van der Waals surface area contributed by atoms with Gasteiger partial charge in [0, 0.05) is 6.54 Å². The van der Waals surface area contributed by atoms with Gasteiger partial charge in [-0.05, 0) is 93.6 Å². The third kappa shape index (κ3) is 3.85. The number of thiazole rings is 1. The van der Waals surface area contributed by atoms with Crippen molar-refractivity contribution < 1.29 is 14.0 Å². The summed E-state index contributed by atoms with van der Waals surface area (Å²) in [5.74, 6) is -0.918. The lowest BCUT2D eigenvalue weighted by Gasteiger charge is -2.26. The van der Waals surface area contributed by atoms with Crippen LogP contribution in [0.2, 0.25) is 0 Å². The Hall–Kier alpha value is -2.32. The lowest BCUT2D eigenvalue weighted by molar-refractivity contribution is -0.132. The van der Waals surface area contributed by atoms with E-state index in [1.165, 1.54) is 49.4 Å². The van der Waals surface area contributed by atoms with Gasteiger partial charge in [-0.2, -0.15) is 0 Å². The maximum Gasteiger partial charge on any atom is 0.230 e. The minimum Gasteiger partial charge on any atom is -0.356 e. The number of nitrogens with zero attached hydrogens (tertiary/aromatic N) is 2. The smallest absolute Gasteiger partial charge is 0.230 e. The number of nitrogens with one attached hydrogen (secondary N) is 2. The Morgan fingerprint density at radius 3 is 2.56 bits per heavy atom. The van der Waals surface area contributed by atoms with Gasteiger partial charge >= 0.3 is 0 Å². The number of hydrogen-bond donors (Lipinski definition) is 2. The van der Waals surface area contributed by atoms with E-state index in [1.807, 2.05) is 0 Å². The number of allylic oxidation sites excluding steroid dienone is 2. The number of rotatable bonds is 8. The van der Waals surface area contributed by atoms with E-state index in [0.717, 1.165) is 32.2 Å². The van der Waals surface area contributed by atoms with Crippen LogP contribution in [-0.4, -0.2) is 47.9 Å². The molecule has 2 heterocycles. The summed E-state index contributed by atoms with van der Waals surface area (Å²) in [5, 5.41) is 6.57. The molecule has 2 N–H and O–H groups in total. The first-order valence-corrected chi connectivity index (χ1v) is 13.4. The molecule has 8 heteroatoms. The van der Waals surface area contributed by atoms with Crippen molar-refractivity contribution in [2.45, 2.75) is 38.5 Å². The number of hydrogen-bond acceptors (Lipinski definition) is 5. The van der Waals surface area contributed by atoms with Crippen molar-refractivity contribution in [3.63, 3.8) is 0 Å². The number of carbonyl (C=O) groups is 2. The Kier molecular flexibility index (Phi) is 5.68. The summed E-state index contributed by atoms with van der Waals surface area (Å²) in [4.78, 5) is 33.7. The van der Waals surface area contributed by atoms with Crippen LogP contribution in [0, 0.1) is 34.9 Å². The Labute approximate surface area is 203 Å². The van der Waals surface area contributed by atoms with Crippen LogP contribution in [0.15, 0.2) is 30.4 Å². The number of aromatic nitrogens is 1. The molecule has 2 aromatic rings. The van der Waals surface area contributed by atoms with E-state index < -0.39 is 0 Å². The summed E-state index contributed by atoms with van der Waals surface area (Å²) in [7, 11) is 0. The second-order valence-corrected chi connectivity index (χ2v) is 11.4. The third-order valence-electron chi connectivity index (χ3n) is 8.43. The van der Waals surface area contributed by atoms with E-state index in [-0.39, 0.29) is 46.7 Å². The van der Waals surface area contributed by atoms with Gasteiger partial charge in [-0.1, -0.05) is 23.5 Å². The van der Waals surface area contributed by atoms with Gasteiger partial charge in [0.1, 0.15) is 5.82 Å². The quantitative estimate of drug-likeness (QED) is 0.437. The fraction of sp³-hybridized carbons (Fsp3) is 0.577. The fourth-order valence-corrected chi connectivity index (χ4v) is 7.54. The molecule has 6 nitrogen and oxygen atoms in total. The Bertz CT molecular complexity index is 1140. The van der Waals surface area contributed by atoms with E-state index in [0.29, 0.717) is 21.9 Å². The molecule has 2 saturated carbocycles. The third-order valence-corrected chi connectivity index (χ3v) is 9.36. The van der Waals surface area contributed by atoms with Crippen LogP contribution in [-0.2, 0) is 9.59 Å². The van der Waals surface area contributed by atoms with Crippen molar-refractivity contribution in [3.8, 4) is 0 Å². The summed E-state index contributed by atoms with van der Waals surface area (Å²) in [5.41, 5.74) is 0.757. The number of halogens is 1. The van der Waals surface area contributed by atoms with Crippen molar-refractivity contribution in [2.24, 2.45) is 29.1 Å². The SMILES string of the molecule is O=C(NCCCCN1CCCC1)[C@H]1[C@H](C(=O)Nc2nc3ccc(F)cc3s2)[C@H]2C=C[C@H]1C21CC1. The molecule has 2 amide bonds. The lowest BCUT2D eigenvalue weighted by atomic mass is 9.81. The van der Waals surface area contributed by atoms with Crippen molar-refractivity contribution >= 4 is 38.5 Å². The molecule has 1 spiro atoms. The number of amides is 2. The minimum absolute atomic E-state index is 0.0100. The fourth-order valence-electron chi connectivity index (χ4n) is 6.65. The summed E-state index contributed by atoms with van der Waals surface area (Å²) in [6.45, 7) is 4.17. The predicted octanol–water partition coefficient (Wildman–Crippen LogP) is 4.19. The molecule has 0 radical (unpaired) electrons. The summed E-state index contributed by atoms with van der Waals surface area (Å²) in [6, 6.07) is 4.43. The molecular weight excluding hydrogens is 451 g/mol. The van der Waals surface area contributed by atoms with Gasteiger partial charge in [0.2, 0.25) is 11.8 Å². The van der Waals surface area contributed by atoms with Crippen LogP contribution < -0.4 is 10.6 Å². The maximum absolute atomic E-state index is 13.6. The van der Waals surface area contributed by atoms with Crippen LogP contribution in [0.25, 0.3) is 10.2 Å². The minimum atomic E-state index is -0.383. The first-order chi connectivity index (χ1) is 16.5. The molecule has 0 unspecified atom stereocenters. The van der Waals surface area contributed by atoms with Gasteiger partial charge in [-0.25, -0.2) is 9.37 Å².